The number of hydrogen-bond donors (Lipinski definition) is 0. The minimum absolute atomic E-state index is 0.155. The van der Waals surface area contributed by atoms with Crippen molar-refractivity contribution in [2.24, 2.45) is 0 Å². The lowest BCUT2D eigenvalue weighted by Gasteiger charge is -2.21. The van der Waals surface area contributed by atoms with Crippen molar-refractivity contribution in [2.45, 2.75) is 17.0 Å². The number of alkyl halides is 5. The molecule has 0 fully saturated rings. The van der Waals surface area contributed by atoms with E-state index >= 15 is 0 Å². The molecule has 20 heavy (non-hydrogen) atoms. The minimum Gasteiger partial charge on any atom is -0.258 e. The molecule has 0 aliphatic carbocycles. The van der Waals surface area contributed by atoms with Gasteiger partial charge in [0.25, 0.3) is 5.69 Å². The number of nitro benzene ring substituents is 1. The molecule has 0 saturated heterocycles. The van der Waals surface area contributed by atoms with Crippen LogP contribution in [0.5, 0.6) is 0 Å². The first-order valence-electron chi connectivity index (χ1n) is 4.46. The quantitative estimate of drug-likeness (QED) is 0.371. The van der Waals surface area contributed by atoms with Gasteiger partial charge in [0, 0.05) is 12.1 Å². The third kappa shape index (κ3) is 2.84. The fourth-order valence-corrected chi connectivity index (χ4v) is 1.96. The van der Waals surface area contributed by atoms with Crippen LogP contribution < -0.4 is 0 Å². The molecule has 0 saturated carbocycles. The molecule has 12 heteroatoms. The molecule has 0 amide bonds. The van der Waals surface area contributed by atoms with Crippen molar-refractivity contribution < 1.29 is 39.2 Å². The monoisotopic (exact) mass is 323 g/mol. The Bertz CT molecular complexity index is 653. The topological polar surface area (TPSA) is 77.3 Å². The summed E-state index contributed by atoms with van der Waals surface area (Å²) in [5.41, 5.74) is -3.37. The summed E-state index contributed by atoms with van der Waals surface area (Å²) in [7, 11) is -6.02. The number of benzene rings is 1. The second-order valence-electron chi connectivity index (χ2n) is 3.45. The SMILES string of the molecule is O=[N+]([O-])c1ccc(C(F)(F)C(F)(F)F)c(S(=O)(=O)F)c1. The van der Waals surface area contributed by atoms with E-state index in [0.717, 1.165) is 0 Å². The van der Waals surface area contributed by atoms with Crippen LogP contribution in [0.2, 0.25) is 0 Å². The molecule has 0 atom stereocenters. The molecule has 1 rings (SSSR count). The molecule has 0 aliphatic heterocycles. The Labute approximate surface area is 107 Å². The summed E-state index contributed by atoms with van der Waals surface area (Å²) in [6.45, 7) is 0. The molecule has 0 aromatic heterocycles. The van der Waals surface area contributed by atoms with Gasteiger partial charge in [-0.05, 0) is 6.07 Å². The smallest absolute Gasteiger partial charge is 0.258 e. The minimum atomic E-state index is -6.19. The van der Waals surface area contributed by atoms with Crippen molar-refractivity contribution in [3.05, 3.63) is 33.9 Å². The zero-order valence-electron chi connectivity index (χ0n) is 8.99. The number of non-ortho nitro benzene ring substituents is 1. The molecule has 0 N–H and O–H groups in total. The Morgan fingerprint density at radius 1 is 1.10 bits per heavy atom. The molecule has 0 aliphatic rings. The summed E-state index contributed by atoms with van der Waals surface area (Å²) in [6.07, 6.45) is -6.19. The molecule has 112 valence electrons. The number of hydrogen-bond acceptors (Lipinski definition) is 4. The Hall–Kier alpha value is -1.85. The van der Waals surface area contributed by atoms with E-state index in [9.17, 15) is 44.4 Å². The molecule has 5 nitrogen and oxygen atoms in total. The van der Waals surface area contributed by atoms with Crippen molar-refractivity contribution in [3.63, 3.8) is 0 Å². The van der Waals surface area contributed by atoms with Gasteiger partial charge in [-0.2, -0.15) is 30.4 Å². The molecular weight excluding hydrogens is 320 g/mol. The fraction of sp³-hybridized carbons (Fsp3) is 0.250. The maximum absolute atomic E-state index is 13.1. The molecule has 1 aromatic rings. The van der Waals surface area contributed by atoms with E-state index in [1.165, 1.54) is 0 Å². The van der Waals surface area contributed by atoms with Crippen LogP contribution >= 0.6 is 0 Å². The standard InChI is InChI=1S/C8H3F6NO4S/c9-7(10,8(11,12)13)5-2-1-4(15(16)17)3-6(5)20(14,18)19/h1-3H. The van der Waals surface area contributed by atoms with Crippen LogP contribution in [-0.2, 0) is 16.1 Å². The summed E-state index contributed by atoms with van der Waals surface area (Å²) in [6, 6.07) is -0.147. The van der Waals surface area contributed by atoms with Gasteiger partial charge in [0.1, 0.15) is 4.90 Å². The number of nitrogens with zero attached hydrogens (tertiary/aromatic N) is 1. The maximum atomic E-state index is 13.1. The normalized spacial score (nSPS) is 13.3. The van der Waals surface area contributed by atoms with Gasteiger partial charge in [-0.15, -0.1) is 3.89 Å². The summed E-state index contributed by atoms with van der Waals surface area (Å²) >= 11 is 0. The van der Waals surface area contributed by atoms with Gasteiger partial charge in [0.2, 0.25) is 0 Å². The fourth-order valence-electron chi connectivity index (χ4n) is 1.24. The Balaban J connectivity index is 3.69. The van der Waals surface area contributed by atoms with Crippen LogP contribution in [0.3, 0.4) is 0 Å². The average molecular weight is 323 g/mol. The summed E-state index contributed by atoms with van der Waals surface area (Å²) < 4.78 is 96.6. The van der Waals surface area contributed by atoms with Crippen LogP contribution in [0, 0.1) is 10.1 Å². The summed E-state index contributed by atoms with van der Waals surface area (Å²) in [4.78, 5) is 6.94. The van der Waals surface area contributed by atoms with Gasteiger partial charge in [0.05, 0.1) is 10.5 Å². The first-order valence-corrected chi connectivity index (χ1v) is 5.85. The van der Waals surface area contributed by atoms with Crippen molar-refractivity contribution >= 4 is 15.9 Å². The van der Waals surface area contributed by atoms with Crippen LogP contribution in [-0.4, -0.2) is 19.5 Å². The lowest BCUT2D eigenvalue weighted by atomic mass is 10.1. The predicted molar refractivity (Wildman–Crippen MR) is 51.3 cm³/mol. The van der Waals surface area contributed by atoms with E-state index < -0.39 is 43.4 Å². The molecule has 0 heterocycles. The lowest BCUT2D eigenvalue weighted by Crippen LogP contribution is -2.34. The van der Waals surface area contributed by atoms with Crippen molar-refractivity contribution in [1.82, 2.24) is 0 Å². The van der Waals surface area contributed by atoms with Crippen molar-refractivity contribution in [1.29, 1.82) is 0 Å². The van der Waals surface area contributed by atoms with Gasteiger partial charge in [0.15, 0.2) is 0 Å². The Kier molecular flexibility index (Phi) is 3.74. The zero-order chi connectivity index (χ0) is 15.9. The summed E-state index contributed by atoms with van der Waals surface area (Å²) in [5, 5.41) is 10.3. The maximum Gasteiger partial charge on any atom is 0.458 e. The lowest BCUT2D eigenvalue weighted by molar-refractivity contribution is -0.385. The highest BCUT2D eigenvalue weighted by molar-refractivity contribution is 7.86. The Morgan fingerprint density at radius 2 is 1.60 bits per heavy atom. The third-order valence-corrected chi connectivity index (χ3v) is 3.00. The van der Waals surface area contributed by atoms with Crippen molar-refractivity contribution in [2.75, 3.05) is 0 Å². The highest BCUT2D eigenvalue weighted by Crippen LogP contribution is 2.46. The van der Waals surface area contributed by atoms with E-state index in [2.05, 4.69) is 0 Å². The average Bonchev–Trinajstić information content (AvgIpc) is 2.25. The second kappa shape index (κ2) is 4.61. The molecular formula is C8H3F6NO4S. The van der Waals surface area contributed by atoms with Gasteiger partial charge in [-0.3, -0.25) is 10.1 Å². The predicted octanol–water partition coefficient (Wildman–Crippen LogP) is 2.91. The van der Waals surface area contributed by atoms with Gasteiger partial charge < -0.3 is 0 Å². The van der Waals surface area contributed by atoms with E-state index in [4.69, 9.17) is 0 Å². The number of rotatable bonds is 3. The second-order valence-corrected chi connectivity index (χ2v) is 4.76. The molecule has 0 unspecified atom stereocenters. The highest BCUT2D eigenvalue weighted by atomic mass is 32.3. The molecule has 1 aromatic carbocycles. The number of halogens is 6. The van der Waals surface area contributed by atoms with E-state index in [-0.39, 0.29) is 18.2 Å². The van der Waals surface area contributed by atoms with Crippen LogP contribution in [0.4, 0.5) is 31.5 Å². The van der Waals surface area contributed by atoms with Gasteiger partial charge in [-0.1, -0.05) is 0 Å². The molecule has 0 spiro atoms. The Morgan fingerprint density at radius 3 is 1.95 bits per heavy atom. The third-order valence-electron chi connectivity index (χ3n) is 2.13. The van der Waals surface area contributed by atoms with Gasteiger partial charge in [-0.25, -0.2) is 0 Å². The largest absolute Gasteiger partial charge is 0.458 e. The van der Waals surface area contributed by atoms with Crippen LogP contribution in [0.1, 0.15) is 5.56 Å². The van der Waals surface area contributed by atoms with Crippen LogP contribution in [0.15, 0.2) is 23.1 Å². The summed E-state index contributed by atoms with van der Waals surface area (Å²) in [5.74, 6) is -5.68. The van der Waals surface area contributed by atoms with Gasteiger partial charge >= 0.3 is 22.3 Å². The van der Waals surface area contributed by atoms with E-state index in [1.807, 2.05) is 0 Å². The van der Waals surface area contributed by atoms with Crippen LogP contribution in [0.25, 0.3) is 0 Å². The van der Waals surface area contributed by atoms with Crippen molar-refractivity contribution in [3.8, 4) is 0 Å². The molecule has 0 bridgehead atoms. The van der Waals surface area contributed by atoms with E-state index in [1.54, 1.807) is 0 Å². The van der Waals surface area contributed by atoms with E-state index in [0.29, 0.717) is 0 Å². The number of nitro groups is 1. The highest BCUT2D eigenvalue weighted by Gasteiger charge is 2.60. The first kappa shape index (κ1) is 16.2. The first-order chi connectivity index (χ1) is 8.78. The molecule has 0 radical (unpaired) electrons. The zero-order valence-corrected chi connectivity index (χ0v) is 9.80.